The van der Waals surface area contributed by atoms with Crippen LogP contribution in [0.3, 0.4) is 0 Å². The van der Waals surface area contributed by atoms with Gasteiger partial charge in [0.2, 0.25) is 0 Å². The number of ether oxygens (including phenoxy) is 1. The molecule has 0 spiro atoms. The summed E-state index contributed by atoms with van der Waals surface area (Å²) in [4.78, 5) is 0. The Bertz CT molecular complexity index is 501. The van der Waals surface area contributed by atoms with E-state index in [1.807, 2.05) is 24.3 Å². The van der Waals surface area contributed by atoms with E-state index in [1.165, 1.54) is 6.42 Å². The van der Waals surface area contributed by atoms with Crippen molar-refractivity contribution in [3.63, 3.8) is 0 Å². The van der Waals surface area contributed by atoms with Gasteiger partial charge in [-0.3, -0.25) is 0 Å². The fraction of sp³-hybridized carbons (Fsp3) is 0.647. The molecule has 0 amide bonds. The van der Waals surface area contributed by atoms with Crippen molar-refractivity contribution >= 4 is 0 Å². The smallest absolute Gasteiger partial charge is 0.124 e. The molecule has 0 aliphatic heterocycles. The van der Waals surface area contributed by atoms with E-state index >= 15 is 0 Å². The molecule has 2 saturated carbocycles. The van der Waals surface area contributed by atoms with Gasteiger partial charge in [-0.1, -0.05) is 39.0 Å². The monoisotopic (exact) mass is 260 g/mol. The fourth-order valence-electron chi connectivity index (χ4n) is 4.87. The van der Waals surface area contributed by atoms with Crippen LogP contribution in [0.4, 0.5) is 0 Å². The Morgan fingerprint density at radius 3 is 2.47 bits per heavy atom. The molecular weight excluding hydrogens is 236 g/mol. The molecule has 3 atom stereocenters. The van der Waals surface area contributed by atoms with E-state index in [-0.39, 0.29) is 10.8 Å². The number of para-hydroxylation sites is 1. The van der Waals surface area contributed by atoms with Crippen molar-refractivity contribution in [3.8, 4) is 5.75 Å². The lowest BCUT2D eigenvalue weighted by atomic mass is 9.57. The van der Waals surface area contributed by atoms with Gasteiger partial charge < -0.3 is 9.84 Å². The van der Waals surface area contributed by atoms with Crippen LogP contribution in [0, 0.1) is 16.7 Å². The molecule has 0 saturated heterocycles. The maximum absolute atomic E-state index is 11.7. The minimum Gasteiger partial charge on any atom is -0.496 e. The van der Waals surface area contributed by atoms with Crippen LogP contribution in [-0.2, 0) is 5.60 Å². The van der Waals surface area contributed by atoms with Gasteiger partial charge in [-0.25, -0.2) is 0 Å². The first kappa shape index (κ1) is 13.0. The van der Waals surface area contributed by atoms with Crippen molar-refractivity contribution in [2.75, 3.05) is 7.11 Å². The lowest BCUT2D eigenvalue weighted by Gasteiger charge is -2.51. The van der Waals surface area contributed by atoms with Gasteiger partial charge in [0.15, 0.2) is 0 Å². The normalized spacial score (nSPS) is 39.5. The number of hydrogen-bond acceptors (Lipinski definition) is 2. The van der Waals surface area contributed by atoms with Gasteiger partial charge in [-0.15, -0.1) is 0 Å². The van der Waals surface area contributed by atoms with E-state index in [0.29, 0.717) is 5.92 Å². The fourth-order valence-corrected chi connectivity index (χ4v) is 4.87. The number of rotatable bonds is 2. The summed E-state index contributed by atoms with van der Waals surface area (Å²) in [6.07, 6.45) is 3.46. The van der Waals surface area contributed by atoms with E-state index in [1.54, 1.807) is 7.11 Å². The highest BCUT2D eigenvalue weighted by Crippen LogP contribution is 2.72. The third-order valence-electron chi connectivity index (χ3n) is 6.06. The van der Waals surface area contributed by atoms with Crippen LogP contribution in [-0.4, -0.2) is 12.2 Å². The summed E-state index contributed by atoms with van der Waals surface area (Å²) in [7, 11) is 1.69. The minimum atomic E-state index is -0.796. The molecule has 1 N–H and O–H groups in total. The molecule has 1 aromatic carbocycles. The van der Waals surface area contributed by atoms with Gasteiger partial charge in [0.25, 0.3) is 0 Å². The van der Waals surface area contributed by atoms with Crippen LogP contribution in [0.15, 0.2) is 24.3 Å². The van der Waals surface area contributed by atoms with E-state index < -0.39 is 5.60 Å². The highest BCUT2D eigenvalue weighted by atomic mass is 16.5. The number of methoxy groups -OCH3 is 1. The molecule has 0 unspecified atom stereocenters. The number of aliphatic hydroxyl groups is 1. The lowest BCUT2D eigenvalue weighted by Crippen LogP contribution is -2.51. The third-order valence-corrected chi connectivity index (χ3v) is 6.06. The highest BCUT2D eigenvalue weighted by molar-refractivity contribution is 5.43. The summed E-state index contributed by atoms with van der Waals surface area (Å²) < 4.78 is 5.51. The van der Waals surface area contributed by atoms with Crippen molar-refractivity contribution in [2.45, 2.75) is 45.6 Å². The summed E-state index contributed by atoms with van der Waals surface area (Å²) >= 11 is 0. The first-order valence-corrected chi connectivity index (χ1v) is 7.23. The molecule has 0 aromatic heterocycles. The Balaban J connectivity index is 2.22. The Morgan fingerprint density at radius 2 is 1.89 bits per heavy atom. The van der Waals surface area contributed by atoms with E-state index in [2.05, 4.69) is 20.8 Å². The van der Waals surface area contributed by atoms with Gasteiger partial charge >= 0.3 is 0 Å². The Hall–Kier alpha value is -1.02. The van der Waals surface area contributed by atoms with Gasteiger partial charge in [0, 0.05) is 16.4 Å². The molecule has 104 valence electrons. The maximum atomic E-state index is 11.7. The molecule has 2 aliphatic rings. The summed E-state index contributed by atoms with van der Waals surface area (Å²) in [6, 6.07) is 7.96. The topological polar surface area (TPSA) is 29.5 Å². The molecule has 0 radical (unpaired) electrons. The number of fused-ring (bicyclic) bond motifs is 2. The molecular formula is C17H24O2. The molecule has 2 bridgehead atoms. The average Bonchev–Trinajstić information content (AvgIpc) is 2.86. The van der Waals surface area contributed by atoms with Crippen molar-refractivity contribution in [1.82, 2.24) is 0 Å². The second-order valence-corrected chi connectivity index (χ2v) is 7.13. The molecule has 2 nitrogen and oxygen atoms in total. The number of benzene rings is 1. The number of hydrogen-bond donors (Lipinski definition) is 1. The predicted molar refractivity (Wildman–Crippen MR) is 76.1 cm³/mol. The van der Waals surface area contributed by atoms with Crippen LogP contribution in [0.5, 0.6) is 5.75 Å². The summed E-state index contributed by atoms with van der Waals surface area (Å²) in [5.74, 6) is 1.42. The predicted octanol–water partition coefficient (Wildman–Crippen LogP) is 3.73. The van der Waals surface area contributed by atoms with E-state index in [9.17, 15) is 5.11 Å². The molecule has 2 fully saturated rings. The average molecular weight is 260 g/mol. The lowest BCUT2D eigenvalue weighted by molar-refractivity contribution is -0.151. The Kier molecular flexibility index (Phi) is 2.57. The van der Waals surface area contributed by atoms with Crippen molar-refractivity contribution in [1.29, 1.82) is 0 Å². The van der Waals surface area contributed by atoms with Crippen molar-refractivity contribution < 1.29 is 9.84 Å². The molecule has 2 heteroatoms. The molecule has 2 aliphatic carbocycles. The van der Waals surface area contributed by atoms with Crippen LogP contribution in [0.1, 0.15) is 45.6 Å². The Labute approximate surface area is 115 Å². The van der Waals surface area contributed by atoms with E-state index in [4.69, 9.17) is 4.74 Å². The van der Waals surface area contributed by atoms with Gasteiger partial charge in [-0.2, -0.15) is 0 Å². The molecule has 0 heterocycles. The van der Waals surface area contributed by atoms with Crippen molar-refractivity contribution in [3.05, 3.63) is 29.8 Å². The van der Waals surface area contributed by atoms with Crippen LogP contribution >= 0.6 is 0 Å². The minimum absolute atomic E-state index is 0.0319. The summed E-state index contributed by atoms with van der Waals surface area (Å²) in [5.41, 5.74) is 0.0344. The van der Waals surface area contributed by atoms with Crippen LogP contribution in [0.2, 0.25) is 0 Å². The summed E-state index contributed by atoms with van der Waals surface area (Å²) in [5, 5.41) is 11.7. The van der Waals surface area contributed by atoms with Crippen LogP contribution in [0.25, 0.3) is 0 Å². The Morgan fingerprint density at radius 1 is 1.21 bits per heavy atom. The zero-order valence-electron chi connectivity index (χ0n) is 12.4. The van der Waals surface area contributed by atoms with Crippen molar-refractivity contribution in [2.24, 2.45) is 16.7 Å². The van der Waals surface area contributed by atoms with Gasteiger partial charge in [0.05, 0.1) is 7.11 Å². The zero-order chi connectivity index (χ0) is 13.9. The second kappa shape index (κ2) is 3.76. The van der Waals surface area contributed by atoms with Gasteiger partial charge in [0.1, 0.15) is 11.4 Å². The standard InChI is InChI=1S/C17H24O2/c1-15(2)12-9-10-16(3,11-12)17(15,18)13-7-5-6-8-14(13)19-4/h5-8,12,18H,9-11H2,1-4H3/t12-,16-,17-/m0/s1. The maximum Gasteiger partial charge on any atom is 0.124 e. The third kappa shape index (κ3) is 1.36. The molecule has 3 rings (SSSR count). The SMILES string of the molecule is COc1ccccc1[C@]1(O)C(C)(C)[C@H]2CC[C@@]1(C)C2. The first-order chi connectivity index (χ1) is 8.87. The highest BCUT2D eigenvalue weighted by Gasteiger charge is 2.69. The van der Waals surface area contributed by atoms with Gasteiger partial charge in [-0.05, 0) is 31.2 Å². The first-order valence-electron chi connectivity index (χ1n) is 7.23. The summed E-state index contributed by atoms with van der Waals surface area (Å²) in [6.45, 7) is 6.68. The quantitative estimate of drug-likeness (QED) is 0.878. The molecule has 19 heavy (non-hydrogen) atoms. The molecule has 1 aromatic rings. The second-order valence-electron chi connectivity index (χ2n) is 7.13. The largest absolute Gasteiger partial charge is 0.496 e. The van der Waals surface area contributed by atoms with Crippen LogP contribution < -0.4 is 4.74 Å². The van der Waals surface area contributed by atoms with E-state index in [0.717, 1.165) is 24.2 Å². The zero-order valence-corrected chi connectivity index (χ0v) is 12.4.